The molecule has 1 aliphatic heterocycles. The van der Waals surface area contributed by atoms with Crippen molar-refractivity contribution in [2.75, 3.05) is 18.5 Å². The number of anilines is 1. The summed E-state index contributed by atoms with van der Waals surface area (Å²) in [5.41, 5.74) is 0.234. The fraction of sp³-hybridized carbons (Fsp3) is 0.333. The van der Waals surface area contributed by atoms with E-state index in [2.05, 4.69) is 10.3 Å². The lowest BCUT2D eigenvalue weighted by atomic mass is 10.1. The van der Waals surface area contributed by atoms with E-state index in [9.17, 15) is 9.90 Å². The van der Waals surface area contributed by atoms with E-state index < -0.39 is 5.97 Å². The van der Waals surface area contributed by atoms with E-state index in [1.165, 1.54) is 6.20 Å². The first-order valence-electron chi connectivity index (χ1n) is 6.71. The molecule has 1 aromatic carbocycles. The monoisotopic (exact) mass is 272 g/mol. The summed E-state index contributed by atoms with van der Waals surface area (Å²) in [7, 11) is 0. The molecule has 3 rings (SSSR count). The third kappa shape index (κ3) is 2.44. The van der Waals surface area contributed by atoms with Gasteiger partial charge in [-0.2, -0.15) is 0 Å². The molecule has 2 heterocycles. The molecular weight excluding hydrogens is 256 g/mol. The number of nitrogens with zero attached hydrogens (tertiary/aromatic N) is 1. The maximum absolute atomic E-state index is 11.2. The van der Waals surface area contributed by atoms with Gasteiger partial charge >= 0.3 is 5.97 Å². The minimum absolute atomic E-state index is 0.234. The van der Waals surface area contributed by atoms with Crippen LogP contribution in [0.15, 0.2) is 30.5 Å². The van der Waals surface area contributed by atoms with Gasteiger partial charge < -0.3 is 15.2 Å². The van der Waals surface area contributed by atoms with E-state index in [1.807, 2.05) is 24.3 Å². The molecule has 2 N–H and O–H groups in total. The Morgan fingerprint density at radius 1 is 1.25 bits per heavy atom. The standard InChI is InChI=1S/C15H16N2O3/c18-15(19)13-9-16-14(12-4-2-1-3-11(12)13)17-10-5-7-20-8-6-10/h1-4,9-10H,5-8H2,(H,16,17)(H,18,19). The second kappa shape index (κ2) is 5.46. The Morgan fingerprint density at radius 2 is 1.95 bits per heavy atom. The van der Waals surface area contributed by atoms with Crippen LogP contribution in [0.25, 0.3) is 10.8 Å². The summed E-state index contributed by atoms with van der Waals surface area (Å²) in [6.45, 7) is 1.51. The molecule has 0 spiro atoms. The van der Waals surface area contributed by atoms with E-state index in [0.717, 1.165) is 37.3 Å². The largest absolute Gasteiger partial charge is 0.478 e. The van der Waals surface area contributed by atoms with Crippen molar-refractivity contribution in [2.45, 2.75) is 18.9 Å². The number of pyridine rings is 1. The number of ether oxygens (including phenoxy) is 1. The van der Waals surface area contributed by atoms with E-state index in [4.69, 9.17) is 4.74 Å². The number of fused-ring (bicyclic) bond motifs is 1. The van der Waals surface area contributed by atoms with Crippen molar-refractivity contribution >= 4 is 22.6 Å². The number of hydrogen-bond donors (Lipinski definition) is 2. The number of benzene rings is 1. The van der Waals surface area contributed by atoms with Crippen molar-refractivity contribution in [1.29, 1.82) is 0 Å². The summed E-state index contributed by atoms with van der Waals surface area (Å²) in [5, 5.41) is 14.2. The first-order chi connectivity index (χ1) is 9.75. The third-order valence-corrected chi connectivity index (χ3v) is 3.59. The van der Waals surface area contributed by atoms with Crippen LogP contribution in [0.4, 0.5) is 5.82 Å². The zero-order chi connectivity index (χ0) is 13.9. The van der Waals surface area contributed by atoms with Crippen molar-refractivity contribution < 1.29 is 14.6 Å². The fourth-order valence-corrected chi connectivity index (χ4v) is 2.51. The van der Waals surface area contributed by atoms with Gasteiger partial charge in [0, 0.05) is 36.2 Å². The fourth-order valence-electron chi connectivity index (χ4n) is 2.51. The van der Waals surface area contributed by atoms with Crippen LogP contribution in [0.5, 0.6) is 0 Å². The zero-order valence-corrected chi connectivity index (χ0v) is 11.0. The lowest BCUT2D eigenvalue weighted by Gasteiger charge is -2.24. The van der Waals surface area contributed by atoms with Gasteiger partial charge in [-0.05, 0) is 12.8 Å². The Bertz CT molecular complexity index is 636. The molecule has 104 valence electrons. The summed E-state index contributed by atoms with van der Waals surface area (Å²) in [5.74, 6) is -0.205. The minimum atomic E-state index is -0.952. The van der Waals surface area contributed by atoms with Gasteiger partial charge in [-0.15, -0.1) is 0 Å². The number of carbonyl (C=O) groups is 1. The summed E-state index contributed by atoms with van der Waals surface area (Å²) in [4.78, 5) is 15.5. The second-order valence-corrected chi connectivity index (χ2v) is 4.90. The number of carboxylic acid groups (broad SMARTS) is 1. The minimum Gasteiger partial charge on any atom is -0.478 e. The Hall–Kier alpha value is -2.14. The lowest BCUT2D eigenvalue weighted by Crippen LogP contribution is -2.28. The van der Waals surface area contributed by atoms with E-state index in [1.54, 1.807) is 0 Å². The van der Waals surface area contributed by atoms with Gasteiger partial charge in [0.05, 0.1) is 5.56 Å². The van der Waals surface area contributed by atoms with Crippen molar-refractivity contribution in [3.63, 3.8) is 0 Å². The summed E-state index contributed by atoms with van der Waals surface area (Å²) in [6.07, 6.45) is 3.31. The van der Waals surface area contributed by atoms with Gasteiger partial charge in [-0.1, -0.05) is 24.3 Å². The van der Waals surface area contributed by atoms with Crippen LogP contribution in [-0.2, 0) is 4.74 Å². The van der Waals surface area contributed by atoms with Crippen LogP contribution >= 0.6 is 0 Å². The molecule has 0 radical (unpaired) electrons. The smallest absolute Gasteiger partial charge is 0.337 e. The van der Waals surface area contributed by atoms with E-state index in [0.29, 0.717) is 11.4 Å². The van der Waals surface area contributed by atoms with Gasteiger partial charge in [-0.3, -0.25) is 0 Å². The lowest BCUT2D eigenvalue weighted by molar-refractivity contribution is 0.0698. The molecule has 0 unspecified atom stereocenters. The van der Waals surface area contributed by atoms with Crippen LogP contribution in [0.3, 0.4) is 0 Å². The van der Waals surface area contributed by atoms with Crippen LogP contribution in [0.2, 0.25) is 0 Å². The topological polar surface area (TPSA) is 71.5 Å². The quantitative estimate of drug-likeness (QED) is 0.898. The van der Waals surface area contributed by atoms with Crippen LogP contribution in [-0.4, -0.2) is 35.3 Å². The molecule has 0 amide bonds. The Kier molecular flexibility index (Phi) is 3.52. The molecule has 2 aromatic rings. The number of aromatic carboxylic acids is 1. The maximum Gasteiger partial charge on any atom is 0.337 e. The molecule has 1 saturated heterocycles. The highest BCUT2D eigenvalue weighted by Crippen LogP contribution is 2.26. The Morgan fingerprint density at radius 3 is 2.65 bits per heavy atom. The number of aromatic nitrogens is 1. The van der Waals surface area contributed by atoms with E-state index in [-0.39, 0.29) is 5.56 Å². The van der Waals surface area contributed by atoms with Crippen LogP contribution in [0.1, 0.15) is 23.2 Å². The average molecular weight is 272 g/mol. The predicted octanol–water partition coefficient (Wildman–Crippen LogP) is 2.52. The SMILES string of the molecule is O=C(O)c1cnc(NC2CCOCC2)c2ccccc12. The molecule has 1 aliphatic rings. The van der Waals surface area contributed by atoms with Crippen molar-refractivity contribution in [3.05, 3.63) is 36.0 Å². The summed E-state index contributed by atoms with van der Waals surface area (Å²) >= 11 is 0. The summed E-state index contributed by atoms with van der Waals surface area (Å²) in [6, 6.07) is 7.78. The molecule has 0 aliphatic carbocycles. The molecule has 0 bridgehead atoms. The van der Waals surface area contributed by atoms with Gasteiger partial charge in [0.25, 0.3) is 0 Å². The highest BCUT2D eigenvalue weighted by atomic mass is 16.5. The molecule has 1 fully saturated rings. The van der Waals surface area contributed by atoms with Crippen LogP contribution < -0.4 is 5.32 Å². The van der Waals surface area contributed by atoms with E-state index >= 15 is 0 Å². The Labute approximate surface area is 116 Å². The van der Waals surface area contributed by atoms with Crippen LogP contribution in [0, 0.1) is 0 Å². The maximum atomic E-state index is 11.2. The van der Waals surface area contributed by atoms with Crippen molar-refractivity contribution in [2.24, 2.45) is 0 Å². The van der Waals surface area contributed by atoms with Gasteiger partial charge in [0.1, 0.15) is 5.82 Å². The predicted molar refractivity (Wildman–Crippen MR) is 76.2 cm³/mol. The third-order valence-electron chi connectivity index (χ3n) is 3.59. The molecule has 1 aromatic heterocycles. The zero-order valence-electron chi connectivity index (χ0n) is 11.0. The molecule has 20 heavy (non-hydrogen) atoms. The molecule has 5 nitrogen and oxygen atoms in total. The number of nitrogens with one attached hydrogen (secondary N) is 1. The van der Waals surface area contributed by atoms with Crippen molar-refractivity contribution in [3.8, 4) is 0 Å². The highest BCUT2D eigenvalue weighted by molar-refractivity contribution is 6.06. The van der Waals surface area contributed by atoms with Gasteiger partial charge in [0.15, 0.2) is 0 Å². The normalized spacial score (nSPS) is 16.2. The van der Waals surface area contributed by atoms with Crippen molar-refractivity contribution in [1.82, 2.24) is 4.98 Å². The molecular formula is C15H16N2O3. The average Bonchev–Trinajstić information content (AvgIpc) is 2.48. The number of hydrogen-bond acceptors (Lipinski definition) is 4. The highest BCUT2D eigenvalue weighted by Gasteiger charge is 2.17. The number of carboxylic acids is 1. The number of rotatable bonds is 3. The van der Waals surface area contributed by atoms with Gasteiger partial charge in [0.2, 0.25) is 0 Å². The summed E-state index contributed by atoms with van der Waals surface area (Å²) < 4.78 is 5.34. The Balaban J connectivity index is 1.99. The molecule has 5 heteroatoms. The molecule has 0 saturated carbocycles. The van der Waals surface area contributed by atoms with Gasteiger partial charge in [-0.25, -0.2) is 9.78 Å². The second-order valence-electron chi connectivity index (χ2n) is 4.90. The first-order valence-corrected chi connectivity index (χ1v) is 6.71. The molecule has 0 atom stereocenters. The first kappa shape index (κ1) is 12.9.